The number of nitrogen functional groups attached to an aromatic ring is 1. The van der Waals surface area contributed by atoms with Gasteiger partial charge in [0.2, 0.25) is 10.0 Å². The Labute approximate surface area is 125 Å². The quantitative estimate of drug-likeness (QED) is 0.867. The van der Waals surface area contributed by atoms with E-state index in [1.165, 1.54) is 4.31 Å². The first-order valence-corrected chi connectivity index (χ1v) is 7.97. The predicted molar refractivity (Wildman–Crippen MR) is 82.2 cm³/mol. The van der Waals surface area contributed by atoms with Crippen LogP contribution in [0.15, 0.2) is 29.4 Å². The maximum atomic E-state index is 12.8. The first-order chi connectivity index (χ1) is 9.73. The number of anilines is 1. The summed E-state index contributed by atoms with van der Waals surface area (Å²) in [4.78, 5) is 0.286. The van der Waals surface area contributed by atoms with Gasteiger partial charge in [-0.15, -0.1) is 0 Å². The zero-order valence-electron chi connectivity index (χ0n) is 12.7. The van der Waals surface area contributed by atoms with Crippen LogP contribution >= 0.6 is 0 Å². The summed E-state index contributed by atoms with van der Waals surface area (Å²) in [5.41, 5.74) is 8.45. The van der Waals surface area contributed by atoms with Gasteiger partial charge in [-0.1, -0.05) is 6.07 Å². The standard InChI is InChI=1S/C14H20N4O2S/c1-10-5-6-13(15)11(2)14(10)21(19,20)18(4)9-12-7-16-17(3)8-12/h5-8H,9,15H2,1-4H3. The number of nitrogens with zero attached hydrogens (tertiary/aromatic N) is 3. The molecule has 0 aliphatic heterocycles. The fraction of sp³-hybridized carbons (Fsp3) is 0.357. The Bertz CT molecular complexity index is 765. The third-order valence-corrected chi connectivity index (χ3v) is 5.57. The van der Waals surface area contributed by atoms with Gasteiger partial charge in [-0.25, -0.2) is 8.42 Å². The van der Waals surface area contributed by atoms with Crippen LogP contribution in [-0.4, -0.2) is 29.6 Å². The summed E-state index contributed by atoms with van der Waals surface area (Å²) in [6.07, 6.45) is 3.45. The van der Waals surface area contributed by atoms with Gasteiger partial charge in [0, 0.05) is 38.1 Å². The van der Waals surface area contributed by atoms with Crippen LogP contribution in [0.4, 0.5) is 5.69 Å². The molecule has 2 aromatic rings. The van der Waals surface area contributed by atoms with Crippen LogP contribution < -0.4 is 5.73 Å². The molecule has 7 heteroatoms. The highest BCUT2D eigenvalue weighted by atomic mass is 32.2. The van der Waals surface area contributed by atoms with Gasteiger partial charge in [0.15, 0.2) is 0 Å². The lowest BCUT2D eigenvalue weighted by Crippen LogP contribution is -2.28. The van der Waals surface area contributed by atoms with Crippen molar-refractivity contribution in [3.8, 4) is 0 Å². The number of hydrogen-bond donors (Lipinski definition) is 1. The lowest BCUT2D eigenvalue weighted by molar-refractivity contribution is 0.465. The lowest BCUT2D eigenvalue weighted by atomic mass is 10.1. The number of aryl methyl sites for hydroxylation is 2. The maximum absolute atomic E-state index is 12.8. The molecule has 0 saturated carbocycles. The van der Waals surface area contributed by atoms with Crippen molar-refractivity contribution in [1.29, 1.82) is 0 Å². The molecule has 0 fully saturated rings. The minimum Gasteiger partial charge on any atom is -0.398 e. The molecule has 0 spiro atoms. The summed E-state index contributed by atoms with van der Waals surface area (Å²) < 4.78 is 28.5. The Morgan fingerprint density at radius 1 is 1.33 bits per heavy atom. The van der Waals surface area contributed by atoms with E-state index in [2.05, 4.69) is 5.10 Å². The second-order valence-corrected chi connectivity index (χ2v) is 7.19. The molecule has 1 aromatic carbocycles. The number of sulfonamides is 1. The van der Waals surface area contributed by atoms with Crippen LogP contribution in [0.3, 0.4) is 0 Å². The van der Waals surface area contributed by atoms with E-state index < -0.39 is 10.0 Å². The van der Waals surface area contributed by atoms with Gasteiger partial charge in [-0.3, -0.25) is 4.68 Å². The van der Waals surface area contributed by atoms with Crippen LogP contribution in [0.5, 0.6) is 0 Å². The molecule has 0 aliphatic rings. The average Bonchev–Trinajstić information content (AvgIpc) is 2.79. The van der Waals surface area contributed by atoms with Gasteiger partial charge in [0.05, 0.1) is 11.1 Å². The molecule has 0 aliphatic carbocycles. The molecule has 2 N–H and O–H groups in total. The Kier molecular flexibility index (Phi) is 4.06. The van der Waals surface area contributed by atoms with Crippen molar-refractivity contribution < 1.29 is 8.42 Å². The van der Waals surface area contributed by atoms with Crippen LogP contribution in [0.2, 0.25) is 0 Å². The van der Waals surface area contributed by atoms with Crippen molar-refractivity contribution in [2.75, 3.05) is 12.8 Å². The molecule has 0 unspecified atom stereocenters. The largest absolute Gasteiger partial charge is 0.398 e. The number of nitrogens with two attached hydrogens (primary N) is 1. The van der Waals surface area contributed by atoms with E-state index in [4.69, 9.17) is 5.73 Å². The summed E-state index contributed by atoms with van der Waals surface area (Å²) in [5, 5.41) is 4.05. The van der Waals surface area contributed by atoms with Crippen LogP contribution in [0.1, 0.15) is 16.7 Å². The zero-order chi connectivity index (χ0) is 15.8. The molecule has 114 valence electrons. The summed E-state index contributed by atoms with van der Waals surface area (Å²) >= 11 is 0. The molecule has 1 aromatic heterocycles. The number of rotatable bonds is 4. The van der Waals surface area contributed by atoms with Crippen molar-refractivity contribution >= 4 is 15.7 Å². The highest BCUT2D eigenvalue weighted by Crippen LogP contribution is 2.27. The fourth-order valence-electron chi connectivity index (χ4n) is 2.29. The predicted octanol–water partition coefficient (Wildman–Crippen LogP) is 1.44. The van der Waals surface area contributed by atoms with Crippen molar-refractivity contribution in [2.24, 2.45) is 7.05 Å². The van der Waals surface area contributed by atoms with Gasteiger partial charge < -0.3 is 5.73 Å². The van der Waals surface area contributed by atoms with Gasteiger partial charge in [0.1, 0.15) is 0 Å². The minimum atomic E-state index is -3.60. The maximum Gasteiger partial charge on any atom is 0.243 e. The number of aromatic nitrogens is 2. The minimum absolute atomic E-state index is 0.268. The van der Waals surface area contributed by atoms with E-state index in [0.717, 1.165) is 5.56 Å². The van der Waals surface area contributed by atoms with Gasteiger partial charge >= 0.3 is 0 Å². The van der Waals surface area contributed by atoms with Crippen molar-refractivity contribution in [3.05, 3.63) is 41.2 Å². The summed E-state index contributed by atoms with van der Waals surface area (Å²) in [6.45, 7) is 3.77. The highest BCUT2D eigenvalue weighted by Gasteiger charge is 2.26. The molecule has 21 heavy (non-hydrogen) atoms. The van der Waals surface area contributed by atoms with Crippen LogP contribution in [-0.2, 0) is 23.6 Å². The first kappa shape index (κ1) is 15.5. The molecule has 6 nitrogen and oxygen atoms in total. The molecular weight excluding hydrogens is 288 g/mol. The molecule has 0 radical (unpaired) electrons. The second kappa shape index (κ2) is 5.50. The molecule has 0 atom stereocenters. The second-order valence-electron chi connectivity index (χ2n) is 5.21. The molecule has 1 heterocycles. The van der Waals surface area contributed by atoms with Gasteiger partial charge in [-0.05, 0) is 31.0 Å². The van der Waals surface area contributed by atoms with E-state index >= 15 is 0 Å². The van der Waals surface area contributed by atoms with E-state index in [0.29, 0.717) is 16.8 Å². The molecule has 0 saturated heterocycles. The smallest absolute Gasteiger partial charge is 0.243 e. The van der Waals surface area contributed by atoms with Crippen molar-refractivity contribution in [2.45, 2.75) is 25.3 Å². The average molecular weight is 308 g/mol. The van der Waals surface area contributed by atoms with E-state index in [1.54, 1.807) is 57.2 Å². The van der Waals surface area contributed by atoms with Crippen LogP contribution in [0.25, 0.3) is 0 Å². The lowest BCUT2D eigenvalue weighted by Gasteiger charge is -2.20. The molecule has 0 bridgehead atoms. The normalized spacial score (nSPS) is 12.0. The Morgan fingerprint density at radius 2 is 2.00 bits per heavy atom. The third-order valence-electron chi connectivity index (χ3n) is 3.48. The molecular formula is C14H20N4O2S. The summed E-state index contributed by atoms with van der Waals surface area (Å²) in [7, 11) is -0.240. The Hall–Kier alpha value is -1.86. The molecule has 2 rings (SSSR count). The van der Waals surface area contributed by atoms with Gasteiger partial charge in [0.25, 0.3) is 0 Å². The summed E-state index contributed by atoms with van der Waals surface area (Å²) in [5.74, 6) is 0. The van der Waals surface area contributed by atoms with Crippen molar-refractivity contribution in [1.82, 2.24) is 14.1 Å². The highest BCUT2D eigenvalue weighted by molar-refractivity contribution is 7.89. The number of benzene rings is 1. The first-order valence-electron chi connectivity index (χ1n) is 6.53. The third kappa shape index (κ3) is 2.93. The Morgan fingerprint density at radius 3 is 2.57 bits per heavy atom. The van der Waals surface area contributed by atoms with Crippen LogP contribution in [0, 0.1) is 13.8 Å². The summed E-state index contributed by atoms with van der Waals surface area (Å²) in [6, 6.07) is 3.46. The monoisotopic (exact) mass is 308 g/mol. The SMILES string of the molecule is Cc1ccc(N)c(C)c1S(=O)(=O)N(C)Cc1cnn(C)c1. The topological polar surface area (TPSA) is 81.2 Å². The van der Waals surface area contributed by atoms with E-state index in [1.807, 2.05) is 0 Å². The van der Waals surface area contributed by atoms with E-state index in [9.17, 15) is 8.42 Å². The zero-order valence-corrected chi connectivity index (χ0v) is 13.5. The van der Waals surface area contributed by atoms with Gasteiger partial charge in [-0.2, -0.15) is 9.40 Å². The fourth-order valence-corrected chi connectivity index (χ4v) is 3.90. The Balaban J connectivity index is 2.40. The number of hydrogen-bond acceptors (Lipinski definition) is 4. The van der Waals surface area contributed by atoms with E-state index in [-0.39, 0.29) is 11.4 Å². The van der Waals surface area contributed by atoms with Crippen molar-refractivity contribution in [3.63, 3.8) is 0 Å². The molecule has 0 amide bonds.